The number of aromatic nitrogens is 1. The molecule has 2 rings (SSSR count). The van der Waals surface area contributed by atoms with Gasteiger partial charge in [0, 0.05) is 25.4 Å². The minimum atomic E-state index is -0.127. The molecule has 1 amide bonds. The molecule has 0 saturated heterocycles. The lowest BCUT2D eigenvalue weighted by Crippen LogP contribution is -2.30. The van der Waals surface area contributed by atoms with Gasteiger partial charge in [0.15, 0.2) is 11.7 Å². The molecule has 1 heterocycles. The van der Waals surface area contributed by atoms with Crippen LogP contribution in [0.1, 0.15) is 5.69 Å². The minimum absolute atomic E-state index is 0.0306. The maximum absolute atomic E-state index is 11.6. The Morgan fingerprint density at radius 3 is 2.85 bits per heavy atom. The van der Waals surface area contributed by atoms with Crippen molar-refractivity contribution in [3.63, 3.8) is 0 Å². The molecule has 1 aromatic carbocycles. The molecule has 20 heavy (non-hydrogen) atoms. The van der Waals surface area contributed by atoms with Crippen molar-refractivity contribution in [3.8, 4) is 5.75 Å². The molecular formula is C14H17N3O2S. The van der Waals surface area contributed by atoms with Gasteiger partial charge >= 0.3 is 0 Å². The Labute approximate surface area is 122 Å². The molecule has 0 spiro atoms. The van der Waals surface area contributed by atoms with Crippen molar-refractivity contribution in [2.75, 3.05) is 25.5 Å². The summed E-state index contributed by atoms with van der Waals surface area (Å²) in [5.74, 6) is 0.568. The fourth-order valence-electron chi connectivity index (χ4n) is 1.58. The predicted molar refractivity (Wildman–Crippen MR) is 80.3 cm³/mol. The highest BCUT2D eigenvalue weighted by Crippen LogP contribution is 2.14. The number of thiazole rings is 1. The highest BCUT2D eigenvalue weighted by atomic mass is 32.1. The van der Waals surface area contributed by atoms with Gasteiger partial charge in [0.1, 0.15) is 5.75 Å². The van der Waals surface area contributed by atoms with Gasteiger partial charge in [-0.1, -0.05) is 18.2 Å². The quantitative estimate of drug-likeness (QED) is 0.818. The number of rotatable bonds is 7. The van der Waals surface area contributed by atoms with E-state index in [4.69, 9.17) is 4.74 Å². The number of anilines is 1. The number of hydrogen-bond donors (Lipinski definition) is 2. The van der Waals surface area contributed by atoms with Crippen LogP contribution in [-0.2, 0) is 11.2 Å². The van der Waals surface area contributed by atoms with Gasteiger partial charge < -0.3 is 15.4 Å². The first-order chi connectivity index (χ1) is 9.78. The van der Waals surface area contributed by atoms with Crippen molar-refractivity contribution in [2.45, 2.75) is 6.42 Å². The maximum Gasteiger partial charge on any atom is 0.257 e. The van der Waals surface area contributed by atoms with Crippen LogP contribution < -0.4 is 15.4 Å². The lowest BCUT2D eigenvalue weighted by molar-refractivity contribution is -0.123. The van der Waals surface area contributed by atoms with E-state index in [0.717, 1.165) is 17.2 Å². The molecule has 0 aliphatic carbocycles. The molecule has 5 nitrogen and oxygen atoms in total. The average molecular weight is 291 g/mol. The second kappa shape index (κ2) is 7.49. The molecule has 0 atom stereocenters. The van der Waals surface area contributed by atoms with Crippen LogP contribution in [0.3, 0.4) is 0 Å². The molecule has 0 saturated carbocycles. The highest BCUT2D eigenvalue weighted by Gasteiger charge is 2.04. The fraction of sp³-hybridized carbons (Fsp3) is 0.286. The summed E-state index contributed by atoms with van der Waals surface area (Å²) in [7, 11) is 1.84. The third-order valence-electron chi connectivity index (χ3n) is 2.58. The zero-order chi connectivity index (χ0) is 14.2. The second-order valence-electron chi connectivity index (χ2n) is 4.10. The van der Waals surface area contributed by atoms with Gasteiger partial charge in [0.25, 0.3) is 5.91 Å². The number of benzene rings is 1. The first-order valence-electron chi connectivity index (χ1n) is 6.34. The van der Waals surface area contributed by atoms with Crippen LogP contribution in [-0.4, -0.2) is 31.1 Å². The number of hydrogen-bond acceptors (Lipinski definition) is 5. The summed E-state index contributed by atoms with van der Waals surface area (Å²) >= 11 is 1.56. The van der Waals surface area contributed by atoms with Crippen LogP contribution in [0.5, 0.6) is 5.75 Å². The summed E-state index contributed by atoms with van der Waals surface area (Å²) in [6.07, 6.45) is 0.718. The standard InChI is InChI=1S/C14H17N3O2S/c1-15-14-17-11(10-20-14)7-8-16-13(18)9-19-12-5-3-2-4-6-12/h2-6,10H,7-9H2,1H3,(H,15,17)(H,16,18). The van der Waals surface area contributed by atoms with Crippen molar-refractivity contribution < 1.29 is 9.53 Å². The largest absolute Gasteiger partial charge is 0.484 e. The smallest absolute Gasteiger partial charge is 0.257 e. The van der Waals surface area contributed by atoms with E-state index in [1.165, 1.54) is 0 Å². The summed E-state index contributed by atoms with van der Waals surface area (Å²) in [6.45, 7) is 0.590. The lowest BCUT2D eigenvalue weighted by atomic mass is 10.3. The van der Waals surface area contributed by atoms with Gasteiger partial charge in [0.05, 0.1) is 5.69 Å². The number of nitrogens with zero attached hydrogens (tertiary/aromatic N) is 1. The Morgan fingerprint density at radius 1 is 1.35 bits per heavy atom. The molecule has 0 bridgehead atoms. The van der Waals surface area contributed by atoms with Crippen LogP contribution >= 0.6 is 11.3 Å². The molecule has 0 unspecified atom stereocenters. The Balaban J connectivity index is 1.65. The normalized spacial score (nSPS) is 10.1. The zero-order valence-corrected chi connectivity index (χ0v) is 12.1. The van der Waals surface area contributed by atoms with Gasteiger partial charge in [-0.2, -0.15) is 0 Å². The number of nitrogens with one attached hydrogen (secondary N) is 2. The third kappa shape index (κ3) is 4.55. The van der Waals surface area contributed by atoms with E-state index in [-0.39, 0.29) is 12.5 Å². The van der Waals surface area contributed by atoms with E-state index in [9.17, 15) is 4.79 Å². The van der Waals surface area contributed by atoms with Crippen molar-refractivity contribution in [2.24, 2.45) is 0 Å². The summed E-state index contributed by atoms with van der Waals surface area (Å²) in [6, 6.07) is 9.29. The molecular weight excluding hydrogens is 274 g/mol. The van der Waals surface area contributed by atoms with Crippen LogP contribution in [0, 0.1) is 0 Å². The molecule has 6 heteroatoms. The Hall–Kier alpha value is -2.08. The molecule has 0 fully saturated rings. The first kappa shape index (κ1) is 14.3. The highest BCUT2D eigenvalue weighted by molar-refractivity contribution is 7.13. The molecule has 0 radical (unpaired) electrons. The van der Waals surface area contributed by atoms with Gasteiger partial charge in [-0.05, 0) is 12.1 Å². The molecule has 0 aliphatic rings. The summed E-state index contributed by atoms with van der Waals surface area (Å²) in [4.78, 5) is 15.9. The predicted octanol–water partition coefficient (Wildman–Crippen LogP) is 1.92. The van der Waals surface area contributed by atoms with E-state index >= 15 is 0 Å². The van der Waals surface area contributed by atoms with E-state index < -0.39 is 0 Å². The molecule has 2 N–H and O–H groups in total. The second-order valence-corrected chi connectivity index (χ2v) is 4.95. The van der Waals surface area contributed by atoms with E-state index in [1.807, 2.05) is 42.8 Å². The van der Waals surface area contributed by atoms with Gasteiger partial charge in [-0.15, -0.1) is 11.3 Å². The van der Waals surface area contributed by atoms with E-state index in [0.29, 0.717) is 12.3 Å². The minimum Gasteiger partial charge on any atom is -0.484 e. The van der Waals surface area contributed by atoms with Crippen molar-refractivity contribution in [1.29, 1.82) is 0 Å². The Kier molecular flexibility index (Phi) is 5.37. The number of ether oxygens (including phenoxy) is 1. The number of carbonyl (C=O) groups excluding carboxylic acids is 1. The summed E-state index contributed by atoms with van der Waals surface area (Å²) in [5.41, 5.74) is 0.976. The van der Waals surface area contributed by atoms with Gasteiger partial charge in [-0.25, -0.2) is 4.98 Å². The lowest BCUT2D eigenvalue weighted by Gasteiger charge is -2.06. The van der Waals surface area contributed by atoms with Crippen molar-refractivity contribution in [3.05, 3.63) is 41.4 Å². The Morgan fingerprint density at radius 2 is 2.15 bits per heavy atom. The van der Waals surface area contributed by atoms with E-state index in [1.54, 1.807) is 11.3 Å². The SMILES string of the molecule is CNc1nc(CCNC(=O)COc2ccccc2)cs1. The molecule has 1 aromatic heterocycles. The number of amides is 1. The third-order valence-corrected chi connectivity index (χ3v) is 3.49. The van der Waals surface area contributed by atoms with Gasteiger partial charge in [-0.3, -0.25) is 4.79 Å². The average Bonchev–Trinajstić information content (AvgIpc) is 2.94. The van der Waals surface area contributed by atoms with Crippen LogP contribution in [0.15, 0.2) is 35.7 Å². The van der Waals surface area contributed by atoms with Crippen LogP contribution in [0.4, 0.5) is 5.13 Å². The molecule has 0 aliphatic heterocycles. The van der Waals surface area contributed by atoms with Crippen LogP contribution in [0.2, 0.25) is 0 Å². The number of para-hydroxylation sites is 1. The number of carbonyl (C=O) groups is 1. The summed E-state index contributed by atoms with van der Waals surface area (Å²) in [5, 5.41) is 8.67. The van der Waals surface area contributed by atoms with Crippen molar-refractivity contribution in [1.82, 2.24) is 10.3 Å². The Bertz CT molecular complexity index is 542. The summed E-state index contributed by atoms with van der Waals surface area (Å²) < 4.78 is 5.36. The van der Waals surface area contributed by atoms with Crippen molar-refractivity contribution >= 4 is 22.4 Å². The topological polar surface area (TPSA) is 63.2 Å². The fourth-order valence-corrected chi connectivity index (χ4v) is 2.29. The molecule has 106 valence electrons. The maximum atomic E-state index is 11.6. The molecule has 2 aromatic rings. The monoisotopic (exact) mass is 291 g/mol. The van der Waals surface area contributed by atoms with Gasteiger partial charge in [0.2, 0.25) is 0 Å². The first-order valence-corrected chi connectivity index (χ1v) is 7.22. The zero-order valence-electron chi connectivity index (χ0n) is 11.3. The van der Waals surface area contributed by atoms with Crippen LogP contribution in [0.25, 0.3) is 0 Å². The van der Waals surface area contributed by atoms with E-state index in [2.05, 4.69) is 15.6 Å².